The van der Waals surface area contributed by atoms with Gasteiger partial charge in [-0.2, -0.15) is 0 Å². The minimum absolute atomic E-state index is 0.563. The summed E-state index contributed by atoms with van der Waals surface area (Å²) in [7, 11) is 0. The van der Waals surface area contributed by atoms with Crippen molar-refractivity contribution in [2.24, 2.45) is 0 Å². The van der Waals surface area contributed by atoms with E-state index in [1.807, 2.05) is 24.4 Å². The van der Waals surface area contributed by atoms with Crippen LogP contribution < -0.4 is 4.74 Å². The van der Waals surface area contributed by atoms with Gasteiger partial charge in [-0.1, -0.05) is 36.9 Å². The summed E-state index contributed by atoms with van der Waals surface area (Å²) in [6.45, 7) is 4.66. The van der Waals surface area contributed by atoms with Crippen LogP contribution in [0.3, 0.4) is 0 Å². The summed E-state index contributed by atoms with van der Waals surface area (Å²) < 4.78 is 5.75. The second-order valence-electron chi connectivity index (χ2n) is 4.91. The molecule has 0 atom stereocenters. The molecule has 1 aliphatic rings. The third-order valence-corrected chi connectivity index (χ3v) is 3.50. The molecule has 2 nitrogen and oxygen atoms in total. The normalized spacial score (nSPS) is 14.0. The minimum Gasteiger partial charge on any atom is -0.473 e. The monoisotopic (exact) mass is 251 g/mol. The fraction of sp³-hybridized carbons (Fsp3) is 0.235. The van der Waals surface area contributed by atoms with E-state index in [0.29, 0.717) is 12.5 Å². The zero-order chi connectivity index (χ0) is 13.1. The SMILES string of the molecule is C=C1CCCc2cc(OCc3ccccc3)ncc21. The van der Waals surface area contributed by atoms with E-state index in [-0.39, 0.29) is 0 Å². The van der Waals surface area contributed by atoms with Crippen LogP contribution in [-0.4, -0.2) is 4.98 Å². The highest BCUT2D eigenvalue weighted by atomic mass is 16.5. The Hall–Kier alpha value is -2.09. The molecule has 1 heterocycles. The molecule has 1 aromatic heterocycles. The van der Waals surface area contributed by atoms with Crippen LogP contribution in [0.4, 0.5) is 0 Å². The van der Waals surface area contributed by atoms with Crippen LogP contribution in [0.2, 0.25) is 0 Å². The maximum atomic E-state index is 5.75. The molecule has 0 fully saturated rings. The first-order valence-corrected chi connectivity index (χ1v) is 6.67. The molecule has 96 valence electrons. The topological polar surface area (TPSA) is 22.1 Å². The fourth-order valence-electron chi connectivity index (χ4n) is 2.44. The van der Waals surface area contributed by atoms with Crippen LogP contribution in [0.25, 0.3) is 5.57 Å². The molecular weight excluding hydrogens is 234 g/mol. The van der Waals surface area contributed by atoms with Gasteiger partial charge >= 0.3 is 0 Å². The first-order chi connectivity index (χ1) is 9.33. The highest BCUT2D eigenvalue weighted by molar-refractivity contribution is 5.67. The highest BCUT2D eigenvalue weighted by Crippen LogP contribution is 2.30. The smallest absolute Gasteiger partial charge is 0.213 e. The first-order valence-electron chi connectivity index (χ1n) is 6.67. The van der Waals surface area contributed by atoms with Crippen molar-refractivity contribution in [3.63, 3.8) is 0 Å². The molecule has 2 aromatic rings. The Morgan fingerprint density at radius 1 is 1.16 bits per heavy atom. The van der Waals surface area contributed by atoms with Crippen molar-refractivity contribution in [2.75, 3.05) is 0 Å². The van der Waals surface area contributed by atoms with Crippen molar-refractivity contribution >= 4 is 5.57 Å². The molecule has 0 bridgehead atoms. The number of allylic oxidation sites excluding steroid dienone is 1. The fourth-order valence-corrected chi connectivity index (χ4v) is 2.44. The van der Waals surface area contributed by atoms with E-state index in [2.05, 4.69) is 29.8 Å². The van der Waals surface area contributed by atoms with Crippen molar-refractivity contribution < 1.29 is 4.74 Å². The molecular formula is C17H17NO. The van der Waals surface area contributed by atoms with E-state index in [9.17, 15) is 0 Å². The number of fused-ring (bicyclic) bond motifs is 1. The van der Waals surface area contributed by atoms with E-state index < -0.39 is 0 Å². The van der Waals surface area contributed by atoms with Crippen molar-refractivity contribution in [3.8, 4) is 5.88 Å². The first kappa shape index (κ1) is 12.0. The summed E-state index contributed by atoms with van der Waals surface area (Å²) in [6.07, 6.45) is 5.25. The van der Waals surface area contributed by atoms with Gasteiger partial charge in [-0.05, 0) is 41.5 Å². The molecule has 0 radical (unpaired) electrons. The molecule has 2 heteroatoms. The Morgan fingerprint density at radius 2 is 2.00 bits per heavy atom. The van der Waals surface area contributed by atoms with E-state index in [1.165, 1.54) is 23.1 Å². The van der Waals surface area contributed by atoms with Crippen LogP contribution in [-0.2, 0) is 13.0 Å². The van der Waals surface area contributed by atoms with Crippen LogP contribution >= 0.6 is 0 Å². The average Bonchev–Trinajstić information content (AvgIpc) is 2.46. The Balaban J connectivity index is 1.74. The third kappa shape index (κ3) is 2.68. The number of benzene rings is 1. The van der Waals surface area contributed by atoms with E-state index in [0.717, 1.165) is 18.4 Å². The molecule has 0 amide bonds. The molecule has 0 saturated heterocycles. The summed E-state index contributed by atoms with van der Waals surface area (Å²) in [6, 6.07) is 12.2. The summed E-state index contributed by atoms with van der Waals surface area (Å²) >= 11 is 0. The Kier molecular flexibility index (Phi) is 3.32. The van der Waals surface area contributed by atoms with Gasteiger partial charge in [0, 0.05) is 12.3 Å². The lowest BCUT2D eigenvalue weighted by atomic mass is 9.90. The van der Waals surface area contributed by atoms with Crippen LogP contribution in [0.15, 0.2) is 49.2 Å². The number of hydrogen-bond donors (Lipinski definition) is 0. The predicted molar refractivity (Wildman–Crippen MR) is 77.0 cm³/mol. The van der Waals surface area contributed by atoms with Gasteiger partial charge in [-0.25, -0.2) is 4.98 Å². The van der Waals surface area contributed by atoms with Crippen LogP contribution in [0, 0.1) is 0 Å². The maximum absolute atomic E-state index is 5.75. The van der Waals surface area contributed by atoms with Crippen molar-refractivity contribution in [1.29, 1.82) is 0 Å². The Bertz CT molecular complexity index is 589. The van der Waals surface area contributed by atoms with E-state index >= 15 is 0 Å². The van der Waals surface area contributed by atoms with Gasteiger partial charge in [0.25, 0.3) is 0 Å². The predicted octanol–water partition coefficient (Wildman–Crippen LogP) is 4.01. The van der Waals surface area contributed by atoms with E-state index in [4.69, 9.17) is 4.74 Å². The highest BCUT2D eigenvalue weighted by Gasteiger charge is 2.13. The number of ether oxygens (including phenoxy) is 1. The molecule has 0 unspecified atom stereocenters. The molecule has 0 spiro atoms. The Morgan fingerprint density at radius 3 is 2.84 bits per heavy atom. The van der Waals surface area contributed by atoms with Crippen molar-refractivity contribution in [1.82, 2.24) is 4.98 Å². The van der Waals surface area contributed by atoms with Crippen LogP contribution in [0.1, 0.15) is 29.5 Å². The largest absolute Gasteiger partial charge is 0.473 e. The zero-order valence-electron chi connectivity index (χ0n) is 10.9. The molecule has 1 aliphatic carbocycles. The zero-order valence-corrected chi connectivity index (χ0v) is 10.9. The minimum atomic E-state index is 0.563. The maximum Gasteiger partial charge on any atom is 0.213 e. The van der Waals surface area contributed by atoms with Gasteiger partial charge < -0.3 is 4.74 Å². The lowest BCUT2D eigenvalue weighted by molar-refractivity contribution is 0.293. The van der Waals surface area contributed by atoms with Gasteiger partial charge in [0.2, 0.25) is 5.88 Å². The second-order valence-corrected chi connectivity index (χ2v) is 4.91. The number of nitrogens with zero attached hydrogens (tertiary/aromatic N) is 1. The second kappa shape index (κ2) is 5.27. The van der Waals surface area contributed by atoms with Crippen LogP contribution in [0.5, 0.6) is 5.88 Å². The Labute approximate surface area is 113 Å². The number of aromatic nitrogens is 1. The summed E-state index contributed by atoms with van der Waals surface area (Å²) in [5, 5.41) is 0. The lowest BCUT2D eigenvalue weighted by Crippen LogP contribution is -2.04. The number of hydrogen-bond acceptors (Lipinski definition) is 2. The molecule has 1 aromatic carbocycles. The summed E-state index contributed by atoms with van der Waals surface area (Å²) in [5.74, 6) is 0.706. The summed E-state index contributed by atoms with van der Waals surface area (Å²) in [4.78, 5) is 4.37. The molecule has 19 heavy (non-hydrogen) atoms. The summed E-state index contributed by atoms with van der Waals surface area (Å²) in [5.41, 5.74) is 4.88. The molecule has 0 N–H and O–H groups in total. The van der Waals surface area contributed by atoms with Crippen molar-refractivity contribution in [2.45, 2.75) is 25.9 Å². The van der Waals surface area contributed by atoms with Gasteiger partial charge in [-0.3, -0.25) is 0 Å². The number of pyridine rings is 1. The van der Waals surface area contributed by atoms with E-state index in [1.54, 1.807) is 0 Å². The lowest BCUT2D eigenvalue weighted by Gasteiger charge is -2.18. The average molecular weight is 251 g/mol. The quantitative estimate of drug-likeness (QED) is 0.822. The third-order valence-electron chi connectivity index (χ3n) is 3.50. The number of rotatable bonds is 3. The molecule has 0 saturated carbocycles. The number of aryl methyl sites for hydroxylation is 1. The van der Waals surface area contributed by atoms with Gasteiger partial charge in [0.15, 0.2) is 0 Å². The van der Waals surface area contributed by atoms with Gasteiger partial charge in [0.1, 0.15) is 6.61 Å². The van der Waals surface area contributed by atoms with Crippen molar-refractivity contribution in [3.05, 3.63) is 65.9 Å². The molecule has 0 aliphatic heterocycles. The van der Waals surface area contributed by atoms with Gasteiger partial charge in [-0.15, -0.1) is 0 Å². The molecule has 3 rings (SSSR count). The van der Waals surface area contributed by atoms with Gasteiger partial charge in [0.05, 0.1) is 0 Å². The standard InChI is InChI=1S/C17H17NO/c1-13-6-5-9-15-10-17(18-11-16(13)15)19-12-14-7-3-2-4-8-14/h2-4,7-8,10-11H,1,5-6,9,12H2.